The summed E-state index contributed by atoms with van der Waals surface area (Å²) >= 11 is 0. The number of nitrogens with one attached hydrogen (secondary N) is 1. The maximum Gasteiger partial charge on any atom is 0.253 e. The Hall–Kier alpha value is -2.31. The van der Waals surface area contributed by atoms with E-state index in [4.69, 9.17) is 4.74 Å². The molecule has 5 nitrogen and oxygen atoms in total. The van der Waals surface area contributed by atoms with Gasteiger partial charge in [0.25, 0.3) is 5.91 Å². The molecule has 0 saturated carbocycles. The number of anilines is 1. The number of likely N-dealkylation sites (tertiary alicyclic amines) is 1. The second kappa shape index (κ2) is 6.54. The van der Waals surface area contributed by atoms with Crippen molar-refractivity contribution < 1.29 is 13.9 Å². The predicted molar refractivity (Wildman–Crippen MR) is 91.4 cm³/mol. The highest BCUT2D eigenvalue weighted by Crippen LogP contribution is 2.39. The van der Waals surface area contributed by atoms with Gasteiger partial charge in [0.1, 0.15) is 11.9 Å². The Kier molecular flexibility index (Phi) is 4.23. The molecule has 2 aliphatic rings. The minimum atomic E-state index is -0.469. The highest BCUT2D eigenvalue weighted by Gasteiger charge is 2.50. The number of aromatic nitrogens is 1. The van der Waals surface area contributed by atoms with E-state index in [0.29, 0.717) is 12.1 Å². The Morgan fingerprint density at radius 3 is 3.00 bits per heavy atom. The number of carbonyl (C=O) groups is 1. The lowest BCUT2D eigenvalue weighted by Crippen LogP contribution is -2.61. The molecular weight excluding hydrogens is 321 g/mol. The van der Waals surface area contributed by atoms with Crippen LogP contribution in [0.5, 0.6) is 0 Å². The lowest BCUT2D eigenvalue weighted by Gasteiger charge is -2.47. The number of carbonyl (C=O) groups excluding carboxylic acids is 1. The molecule has 3 heterocycles. The van der Waals surface area contributed by atoms with Crippen molar-refractivity contribution in [3.05, 3.63) is 60.2 Å². The molecule has 2 aliphatic heterocycles. The van der Waals surface area contributed by atoms with Gasteiger partial charge in [0, 0.05) is 37.7 Å². The van der Waals surface area contributed by atoms with Crippen molar-refractivity contribution >= 4 is 11.6 Å². The molecular formula is C19H20FN3O2. The van der Waals surface area contributed by atoms with Crippen LogP contribution in [0.3, 0.4) is 0 Å². The number of hydrogen-bond donors (Lipinski definition) is 1. The van der Waals surface area contributed by atoms with Crippen molar-refractivity contribution in [1.82, 2.24) is 9.88 Å². The van der Waals surface area contributed by atoms with Gasteiger partial charge in [0.05, 0.1) is 5.60 Å². The average molecular weight is 341 g/mol. The fourth-order valence-corrected chi connectivity index (χ4v) is 3.65. The first kappa shape index (κ1) is 16.2. The summed E-state index contributed by atoms with van der Waals surface area (Å²) in [5, 5.41) is 2.74. The van der Waals surface area contributed by atoms with Crippen molar-refractivity contribution in [3.63, 3.8) is 0 Å². The molecule has 0 radical (unpaired) electrons. The molecule has 1 aromatic heterocycles. The molecule has 1 atom stereocenters. The number of halogens is 1. The number of pyridine rings is 1. The summed E-state index contributed by atoms with van der Waals surface area (Å²) in [6.45, 7) is 2.50. The van der Waals surface area contributed by atoms with E-state index in [9.17, 15) is 9.18 Å². The van der Waals surface area contributed by atoms with Gasteiger partial charge in [-0.3, -0.25) is 14.7 Å². The molecule has 1 aromatic carbocycles. The van der Waals surface area contributed by atoms with Crippen LogP contribution in [0.25, 0.3) is 0 Å². The summed E-state index contributed by atoms with van der Waals surface area (Å²) in [6.07, 6.45) is 4.74. The Balaban J connectivity index is 1.29. The SMILES string of the molecule is O=C(Nc1cccc(F)c1)C1CCC2(CN(Cc3cccnc3)C2)O1. The number of amides is 1. The van der Waals surface area contributed by atoms with Crippen LogP contribution in [-0.2, 0) is 16.1 Å². The largest absolute Gasteiger partial charge is 0.359 e. The average Bonchev–Trinajstić information content (AvgIpc) is 3.01. The molecule has 0 bridgehead atoms. The maximum absolute atomic E-state index is 13.2. The van der Waals surface area contributed by atoms with Crippen molar-refractivity contribution in [1.29, 1.82) is 0 Å². The van der Waals surface area contributed by atoms with Crippen LogP contribution < -0.4 is 5.32 Å². The number of rotatable bonds is 4. The molecule has 2 aromatic rings. The first-order valence-electron chi connectivity index (χ1n) is 8.47. The minimum absolute atomic E-state index is 0.201. The monoisotopic (exact) mass is 341 g/mol. The van der Waals surface area contributed by atoms with Gasteiger partial charge >= 0.3 is 0 Å². The van der Waals surface area contributed by atoms with E-state index in [1.807, 2.05) is 12.3 Å². The highest BCUT2D eigenvalue weighted by molar-refractivity contribution is 5.94. The van der Waals surface area contributed by atoms with Crippen LogP contribution in [0.2, 0.25) is 0 Å². The van der Waals surface area contributed by atoms with E-state index in [0.717, 1.165) is 26.1 Å². The zero-order chi connectivity index (χ0) is 17.3. The predicted octanol–water partition coefficient (Wildman–Crippen LogP) is 2.59. The third-order valence-corrected chi connectivity index (χ3v) is 4.79. The maximum atomic E-state index is 13.2. The van der Waals surface area contributed by atoms with Gasteiger partial charge in [-0.25, -0.2) is 4.39 Å². The summed E-state index contributed by atoms with van der Waals surface area (Å²) in [6, 6.07) is 9.89. The number of nitrogens with zero attached hydrogens (tertiary/aromatic N) is 2. The summed E-state index contributed by atoms with van der Waals surface area (Å²) in [7, 11) is 0. The van der Waals surface area contributed by atoms with E-state index < -0.39 is 6.10 Å². The number of benzene rings is 1. The molecule has 2 saturated heterocycles. The standard InChI is InChI=1S/C19H20FN3O2/c20-15-4-1-5-16(9-15)22-18(24)17-6-7-19(25-17)12-23(13-19)11-14-3-2-8-21-10-14/h1-5,8-10,17H,6-7,11-13H2,(H,22,24). The summed E-state index contributed by atoms with van der Waals surface area (Å²) in [5.74, 6) is -0.570. The third-order valence-electron chi connectivity index (χ3n) is 4.79. The second-order valence-electron chi connectivity index (χ2n) is 6.83. The van der Waals surface area contributed by atoms with Crippen LogP contribution in [-0.4, -0.2) is 40.6 Å². The van der Waals surface area contributed by atoms with Crippen molar-refractivity contribution in [2.45, 2.75) is 31.1 Å². The van der Waals surface area contributed by atoms with Gasteiger partial charge in [-0.15, -0.1) is 0 Å². The number of ether oxygens (including phenoxy) is 1. The Labute approximate surface area is 145 Å². The molecule has 4 rings (SSSR count). The van der Waals surface area contributed by atoms with Crippen LogP contribution in [0, 0.1) is 5.82 Å². The van der Waals surface area contributed by atoms with Crippen LogP contribution in [0.4, 0.5) is 10.1 Å². The first-order chi connectivity index (χ1) is 12.1. The third kappa shape index (κ3) is 3.55. The van der Waals surface area contributed by atoms with E-state index in [2.05, 4.69) is 21.3 Å². The second-order valence-corrected chi connectivity index (χ2v) is 6.83. The normalized spacial score (nSPS) is 21.9. The van der Waals surface area contributed by atoms with Gasteiger partial charge < -0.3 is 10.1 Å². The van der Waals surface area contributed by atoms with Crippen LogP contribution in [0.1, 0.15) is 18.4 Å². The quantitative estimate of drug-likeness (QED) is 0.929. The van der Waals surface area contributed by atoms with Gasteiger partial charge in [-0.05, 0) is 42.7 Å². The van der Waals surface area contributed by atoms with Gasteiger partial charge in [-0.1, -0.05) is 12.1 Å². The molecule has 1 amide bonds. The Bertz CT molecular complexity index is 762. The van der Waals surface area contributed by atoms with Crippen molar-refractivity contribution in [2.75, 3.05) is 18.4 Å². The molecule has 1 spiro atoms. The fraction of sp³-hybridized carbons (Fsp3) is 0.368. The summed E-state index contributed by atoms with van der Waals surface area (Å²) in [5.41, 5.74) is 1.42. The molecule has 2 fully saturated rings. The smallest absolute Gasteiger partial charge is 0.253 e. The molecule has 1 unspecified atom stereocenters. The minimum Gasteiger partial charge on any atom is -0.359 e. The van der Waals surface area contributed by atoms with Crippen molar-refractivity contribution in [3.8, 4) is 0 Å². The van der Waals surface area contributed by atoms with Crippen molar-refractivity contribution in [2.24, 2.45) is 0 Å². The first-order valence-corrected chi connectivity index (χ1v) is 8.47. The van der Waals surface area contributed by atoms with E-state index in [-0.39, 0.29) is 17.3 Å². The zero-order valence-corrected chi connectivity index (χ0v) is 13.8. The van der Waals surface area contributed by atoms with Gasteiger partial charge in [0.15, 0.2) is 0 Å². The summed E-state index contributed by atoms with van der Waals surface area (Å²) < 4.78 is 19.3. The molecule has 0 aliphatic carbocycles. The van der Waals surface area contributed by atoms with Crippen LogP contribution in [0.15, 0.2) is 48.8 Å². The van der Waals surface area contributed by atoms with E-state index >= 15 is 0 Å². The highest BCUT2D eigenvalue weighted by atomic mass is 19.1. The van der Waals surface area contributed by atoms with Gasteiger partial charge in [-0.2, -0.15) is 0 Å². The lowest BCUT2D eigenvalue weighted by molar-refractivity contribution is -0.154. The molecule has 25 heavy (non-hydrogen) atoms. The topological polar surface area (TPSA) is 54.5 Å². The molecule has 130 valence electrons. The van der Waals surface area contributed by atoms with E-state index in [1.165, 1.54) is 17.7 Å². The van der Waals surface area contributed by atoms with E-state index in [1.54, 1.807) is 18.3 Å². The number of hydrogen-bond acceptors (Lipinski definition) is 4. The Morgan fingerprint density at radius 2 is 2.24 bits per heavy atom. The zero-order valence-electron chi connectivity index (χ0n) is 13.8. The Morgan fingerprint density at radius 1 is 1.36 bits per heavy atom. The molecule has 1 N–H and O–H groups in total. The molecule has 6 heteroatoms. The fourth-order valence-electron chi connectivity index (χ4n) is 3.65. The van der Waals surface area contributed by atoms with Gasteiger partial charge in [0.2, 0.25) is 0 Å². The lowest BCUT2D eigenvalue weighted by atomic mass is 9.90. The summed E-state index contributed by atoms with van der Waals surface area (Å²) in [4.78, 5) is 18.8. The van der Waals surface area contributed by atoms with Crippen LogP contribution >= 0.6 is 0 Å².